The minimum Gasteiger partial charge on any atom is -0.484 e. The molecule has 112 valence electrons. The molecule has 7 heteroatoms. The third-order valence-electron chi connectivity index (χ3n) is 3.06. The topological polar surface area (TPSA) is 76.9 Å². The van der Waals surface area contributed by atoms with Crippen molar-refractivity contribution >= 4 is 17.4 Å². The average molecular weight is 311 g/mol. The number of hydrogen-bond acceptors (Lipinski definition) is 3. The number of hydrogen-bond donors (Lipinski definition) is 2. The molecule has 0 spiro atoms. The van der Waals surface area contributed by atoms with Gasteiger partial charge in [-0.2, -0.15) is 5.10 Å². The normalized spacial score (nSPS) is 10.7. The Morgan fingerprint density at radius 1 is 1.52 bits per heavy atom. The molecule has 21 heavy (non-hydrogen) atoms. The third-order valence-corrected chi connectivity index (χ3v) is 3.55. The standard InChI is InChI=1S/C14H16ClFN4O/c1-3-20-11(13(15)8(2)19-20)7-21-12-5-4-9(14(17)18)6-10(12)16/h4-6H,3,7H2,1-2H3,(H3,17,18). The van der Waals surface area contributed by atoms with Crippen LogP contribution in [0, 0.1) is 18.2 Å². The van der Waals surface area contributed by atoms with Gasteiger partial charge in [-0.15, -0.1) is 0 Å². The molecule has 0 saturated heterocycles. The van der Waals surface area contributed by atoms with Gasteiger partial charge in [0.15, 0.2) is 11.6 Å². The Labute approximate surface area is 127 Å². The molecule has 0 amide bonds. The monoisotopic (exact) mass is 310 g/mol. The maximum absolute atomic E-state index is 13.9. The lowest BCUT2D eigenvalue weighted by molar-refractivity contribution is 0.278. The molecule has 0 fully saturated rings. The molecule has 0 radical (unpaired) electrons. The van der Waals surface area contributed by atoms with Crippen molar-refractivity contribution in [2.45, 2.75) is 27.0 Å². The first-order valence-corrected chi connectivity index (χ1v) is 6.80. The third kappa shape index (κ3) is 3.16. The van der Waals surface area contributed by atoms with Crippen molar-refractivity contribution in [1.29, 1.82) is 5.41 Å². The van der Waals surface area contributed by atoms with E-state index in [1.807, 2.05) is 6.92 Å². The van der Waals surface area contributed by atoms with Gasteiger partial charge in [0.2, 0.25) is 0 Å². The number of rotatable bonds is 5. The minimum atomic E-state index is -0.571. The lowest BCUT2D eigenvalue weighted by Gasteiger charge is -2.10. The summed E-state index contributed by atoms with van der Waals surface area (Å²) in [5.74, 6) is -0.682. The van der Waals surface area contributed by atoms with Gasteiger partial charge in [-0.25, -0.2) is 4.39 Å². The van der Waals surface area contributed by atoms with Crippen LogP contribution in [0.1, 0.15) is 23.9 Å². The Morgan fingerprint density at radius 3 is 2.81 bits per heavy atom. The molecule has 0 bridgehead atoms. The van der Waals surface area contributed by atoms with E-state index in [9.17, 15) is 4.39 Å². The predicted molar refractivity (Wildman–Crippen MR) is 79.4 cm³/mol. The fraction of sp³-hybridized carbons (Fsp3) is 0.286. The lowest BCUT2D eigenvalue weighted by Crippen LogP contribution is -2.11. The summed E-state index contributed by atoms with van der Waals surface area (Å²) >= 11 is 6.16. The van der Waals surface area contributed by atoms with Gasteiger partial charge in [-0.3, -0.25) is 10.1 Å². The second-order valence-electron chi connectivity index (χ2n) is 4.51. The van der Waals surface area contributed by atoms with Gasteiger partial charge in [0.25, 0.3) is 0 Å². The van der Waals surface area contributed by atoms with Crippen molar-refractivity contribution in [3.05, 3.63) is 46.0 Å². The number of aromatic nitrogens is 2. The zero-order valence-electron chi connectivity index (χ0n) is 11.8. The predicted octanol–water partition coefficient (Wildman–Crippen LogP) is 2.87. The summed E-state index contributed by atoms with van der Waals surface area (Å²) in [4.78, 5) is 0. The van der Waals surface area contributed by atoms with E-state index >= 15 is 0 Å². The molecule has 0 atom stereocenters. The molecule has 0 aliphatic carbocycles. The highest BCUT2D eigenvalue weighted by molar-refractivity contribution is 6.31. The molecule has 1 heterocycles. The number of nitrogens with one attached hydrogen (secondary N) is 1. The zero-order valence-corrected chi connectivity index (χ0v) is 12.5. The van der Waals surface area contributed by atoms with Crippen LogP contribution < -0.4 is 10.5 Å². The van der Waals surface area contributed by atoms with E-state index in [0.717, 1.165) is 0 Å². The summed E-state index contributed by atoms with van der Waals surface area (Å²) in [5.41, 5.74) is 7.03. The maximum Gasteiger partial charge on any atom is 0.165 e. The van der Waals surface area contributed by atoms with E-state index in [4.69, 9.17) is 27.5 Å². The number of aryl methyl sites for hydroxylation is 2. The number of amidine groups is 1. The molecule has 1 aromatic carbocycles. The van der Waals surface area contributed by atoms with Crippen LogP contribution in [-0.2, 0) is 13.2 Å². The Bertz CT molecular complexity index is 684. The first kappa shape index (κ1) is 15.3. The molecular weight excluding hydrogens is 295 g/mol. The number of nitrogens with two attached hydrogens (primary N) is 1. The number of halogens is 2. The molecule has 2 aromatic rings. The van der Waals surface area contributed by atoms with Crippen molar-refractivity contribution in [1.82, 2.24) is 9.78 Å². The molecule has 5 nitrogen and oxygen atoms in total. The van der Waals surface area contributed by atoms with Crippen LogP contribution in [-0.4, -0.2) is 15.6 Å². The van der Waals surface area contributed by atoms with Crippen molar-refractivity contribution in [2.75, 3.05) is 0 Å². The fourth-order valence-corrected chi connectivity index (χ4v) is 2.13. The van der Waals surface area contributed by atoms with Crippen LogP contribution in [0.15, 0.2) is 18.2 Å². The molecule has 0 aliphatic rings. The highest BCUT2D eigenvalue weighted by Gasteiger charge is 2.14. The van der Waals surface area contributed by atoms with Crippen LogP contribution >= 0.6 is 11.6 Å². The molecule has 3 N–H and O–H groups in total. The summed E-state index contributed by atoms with van der Waals surface area (Å²) < 4.78 is 21.1. The average Bonchev–Trinajstić information content (AvgIpc) is 2.72. The van der Waals surface area contributed by atoms with Crippen LogP contribution in [0.4, 0.5) is 4.39 Å². The van der Waals surface area contributed by atoms with Crippen molar-refractivity contribution in [3.63, 3.8) is 0 Å². The highest BCUT2D eigenvalue weighted by Crippen LogP contribution is 2.24. The summed E-state index contributed by atoms with van der Waals surface area (Å²) in [5, 5.41) is 12.1. The Balaban J connectivity index is 2.19. The summed E-state index contributed by atoms with van der Waals surface area (Å²) in [6, 6.07) is 4.14. The first-order valence-electron chi connectivity index (χ1n) is 6.42. The number of ether oxygens (including phenoxy) is 1. The van der Waals surface area contributed by atoms with Crippen LogP contribution in [0.25, 0.3) is 0 Å². The maximum atomic E-state index is 13.9. The summed E-state index contributed by atoms with van der Waals surface area (Å²) in [7, 11) is 0. The Hall–Kier alpha value is -2.08. The number of nitrogens with zero attached hydrogens (tertiary/aromatic N) is 2. The van der Waals surface area contributed by atoms with E-state index in [1.165, 1.54) is 18.2 Å². The zero-order chi connectivity index (χ0) is 15.6. The van der Waals surface area contributed by atoms with Crippen molar-refractivity contribution in [2.24, 2.45) is 5.73 Å². The van der Waals surface area contributed by atoms with E-state index in [-0.39, 0.29) is 18.2 Å². The smallest absolute Gasteiger partial charge is 0.165 e. The Kier molecular flexibility index (Phi) is 4.47. The molecule has 0 unspecified atom stereocenters. The van der Waals surface area contributed by atoms with E-state index in [1.54, 1.807) is 11.6 Å². The van der Waals surface area contributed by atoms with Crippen LogP contribution in [0.3, 0.4) is 0 Å². The summed E-state index contributed by atoms with van der Waals surface area (Å²) in [6.07, 6.45) is 0. The molecule has 1 aromatic heterocycles. The second kappa shape index (κ2) is 6.13. The second-order valence-corrected chi connectivity index (χ2v) is 4.89. The molecule has 0 saturated carbocycles. The molecule has 0 aliphatic heterocycles. The lowest BCUT2D eigenvalue weighted by atomic mass is 10.2. The molecular formula is C14H16ClFN4O. The van der Waals surface area contributed by atoms with E-state index in [0.29, 0.717) is 28.5 Å². The van der Waals surface area contributed by atoms with Gasteiger partial charge < -0.3 is 10.5 Å². The highest BCUT2D eigenvalue weighted by atomic mass is 35.5. The Morgan fingerprint density at radius 2 is 2.24 bits per heavy atom. The minimum absolute atomic E-state index is 0.0811. The van der Waals surface area contributed by atoms with E-state index < -0.39 is 5.82 Å². The van der Waals surface area contributed by atoms with Gasteiger partial charge in [0.05, 0.1) is 16.4 Å². The first-order chi connectivity index (χ1) is 9.93. The van der Waals surface area contributed by atoms with Gasteiger partial charge in [0, 0.05) is 12.1 Å². The summed E-state index contributed by atoms with van der Waals surface area (Å²) in [6.45, 7) is 4.51. The van der Waals surface area contributed by atoms with Crippen LogP contribution in [0.2, 0.25) is 5.02 Å². The van der Waals surface area contributed by atoms with Crippen molar-refractivity contribution < 1.29 is 9.13 Å². The van der Waals surface area contributed by atoms with Gasteiger partial charge >= 0.3 is 0 Å². The fourth-order valence-electron chi connectivity index (χ4n) is 1.94. The SMILES string of the molecule is CCn1nc(C)c(Cl)c1COc1ccc(C(=N)N)cc1F. The van der Waals surface area contributed by atoms with E-state index in [2.05, 4.69) is 5.10 Å². The van der Waals surface area contributed by atoms with Gasteiger partial charge in [-0.05, 0) is 32.0 Å². The van der Waals surface area contributed by atoms with Gasteiger partial charge in [-0.1, -0.05) is 11.6 Å². The number of benzene rings is 1. The quantitative estimate of drug-likeness (QED) is 0.658. The largest absolute Gasteiger partial charge is 0.484 e. The number of nitrogen functional groups attached to an aromatic ring is 1. The van der Waals surface area contributed by atoms with Crippen molar-refractivity contribution in [3.8, 4) is 5.75 Å². The van der Waals surface area contributed by atoms with Crippen LogP contribution in [0.5, 0.6) is 5.75 Å². The molecule has 2 rings (SSSR count). The van der Waals surface area contributed by atoms with Gasteiger partial charge in [0.1, 0.15) is 12.4 Å².